The average molecular weight is 1090 g/mol. The number of amides is 5. The molecule has 0 spiro atoms. The molecule has 2 aromatic rings. The Kier molecular flexibility index (Phi) is 30.4. The number of hydrogen-bond acceptors (Lipinski definition) is 11. The molecule has 0 saturated carbocycles. The second kappa shape index (κ2) is 33.2. The number of carbonyl (C=O) groups is 6. The van der Waals surface area contributed by atoms with E-state index >= 15 is 0 Å². The number of nitrogens with two attached hydrogens (primary N) is 1. The molecular formula is C57H86K2N6O10. The molecule has 0 bridgehead atoms. The fourth-order valence-electron chi connectivity index (χ4n) is 10.3. The minimum atomic E-state index is -0.669. The van der Waals surface area contributed by atoms with Crippen LogP contribution >= 0.6 is 0 Å². The van der Waals surface area contributed by atoms with Gasteiger partial charge in [0.05, 0.1) is 12.1 Å². The molecule has 2 aliphatic heterocycles. The van der Waals surface area contributed by atoms with Crippen molar-refractivity contribution in [2.75, 3.05) is 26.2 Å². The third-order valence-corrected chi connectivity index (χ3v) is 13.2. The molecule has 5 amide bonds. The van der Waals surface area contributed by atoms with Gasteiger partial charge in [-0.15, -0.1) is 0 Å². The van der Waals surface area contributed by atoms with Gasteiger partial charge in [-0.2, -0.15) is 0 Å². The summed E-state index contributed by atoms with van der Waals surface area (Å²) < 4.78 is 10.9. The number of fused-ring (bicyclic) bond motifs is 4. The summed E-state index contributed by atoms with van der Waals surface area (Å²) in [4.78, 5) is 79.5. The molecule has 0 fully saturated rings. The van der Waals surface area contributed by atoms with Crippen molar-refractivity contribution in [3.05, 3.63) is 81.9 Å². The first-order chi connectivity index (χ1) is 34.5. The number of nitrogens with zero attached hydrogens (tertiary/aromatic N) is 2. The molecule has 75 heavy (non-hydrogen) atoms. The van der Waals surface area contributed by atoms with E-state index in [0.717, 1.165) is 57.8 Å². The topological polar surface area (TPSA) is 222 Å². The summed E-state index contributed by atoms with van der Waals surface area (Å²) in [6.07, 6.45) is 8.26. The molecule has 6 rings (SSSR count). The van der Waals surface area contributed by atoms with Gasteiger partial charge in [0, 0.05) is 26.6 Å². The van der Waals surface area contributed by atoms with Gasteiger partial charge in [0.25, 0.3) is 6.47 Å². The van der Waals surface area contributed by atoms with Crippen molar-refractivity contribution < 1.29 is 153 Å². The molecule has 2 aliphatic carbocycles. The van der Waals surface area contributed by atoms with Crippen LogP contribution in [-0.4, -0.2) is 108 Å². The Balaban J connectivity index is 0.000000686. The molecule has 0 saturated heterocycles. The summed E-state index contributed by atoms with van der Waals surface area (Å²) in [6.45, 7) is 23.5. The maximum Gasteiger partial charge on any atom is 1.00 e. The third-order valence-electron chi connectivity index (χ3n) is 13.2. The summed E-state index contributed by atoms with van der Waals surface area (Å²) in [6, 6.07) is 16.0. The van der Waals surface area contributed by atoms with Gasteiger partial charge in [-0.05, 0) is 182 Å². The van der Waals surface area contributed by atoms with Crippen LogP contribution in [0.5, 0.6) is 0 Å². The van der Waals surface area contributed by atoms with Gasteiger partial charge in [0.15, 0.2) is 0 Å². The minimum Gasteiger partial charge on any atom is -1.00 e. The zero-order valence-electron chi connectivity index (χ0n) is 48.5. The number of carbonyl (C=O) groups excluding carboxylic acids is 6. The zero-order valence-corrected chi connectivity index (χ0v) is 53.8. The molecule has 406 valence electrons. The summed E-state index contributed by atoms with van der Waals surface area (Å²) in [5, 5.41) is 17.0. The number of hydrogen-bond donors (Lipinski definition) is 4. The molecule has 2 aromatic carbocycles. The van der Waals surface area contributed by atoms with Gasteiger partial charge in [0.2, 0.25) is 17.7 Å². The maximum absolute atomic E-state index is 14.0. The van der Waals surface area contributed by atoms with Gasteiger partial charge in [-0.25, -0.2) is 9.59 Å². The Labute approximate surface area is 533 Å². The van der Waals surface area contributed by atoms with Crippen LogP contribution in [0.2, 0.25) is 0 Å². The summed E-state index contributed by atoms with van der Waals surface area (Å²) in [5.74, 6) is 0.756. The van der Waals surface area contributed by atoms with Crippen molar-refractivity contribution in [2.45, 2.75) is 189 Å². The molecule has 18 heteroatoms. The van der Waals surface area contributed by atoms with Gasteiger partial charge in [0.1, 0.15) is 23.3 Å². The number of nitrogens with one attached hydrogen (secondary N) is 3. The number of rotatable bonds is 18. The van der Waals surface area contributed by atoms with Gasteiger partial charge in [-0.3, -0.25) is 19.2 Å². The fourth-order valence-corrected chi connectivity index (χ4v) is 10.3. The van der Waals surface area contributed by atoms with Crippen LogP contribution in [0.1, 0.15) is 164 Å². The average Bonchev–Trinajstić information content (AvgIpc) is 3.89. The Morgan fingerprint density at radius 1 is 0.693 bits per heavy atom. The molecule has 2 unspecified atom stereocenters. The minimum absolute atomic E-state index is 0. The van der Waals surface area contributed by atoms with E-state index in [-0.39, 0.29) is 140 Å². The van der Waals surface area contributed by atoms with E-state index in [0.29, 0.717) is 57.3 Å². The van der Waals surface area contributed by atoms with Gasteiger partial charge >= 0.3 is 115 Å². The van der Waals surface area contributed by atoms with Gasteiger partial charge in [-0.1, -0.05) is 76.2 Å². The van der Waals surface area contributed by atoms with Crippen molar-refractivity contribution in [3.8, 4) is 0 Å². The van der Waals surface area contributed by atoms with E-state index in [4.69, 9.17) is 25.3 Å². The van der Waals surface area contributed by atoms with Crippen LogP contribution < -0.4 is 130 Å². The van der Waals surface area contributed by atoms with Crippen LogP contribution in [0.3, 0.4) is 0 Å². The normalized spacial score (nSPS) is 17.2. The number of ether oxygens (including phenoxy) is 2. The quantitative estimate of drug-likeness (QED) is 0.0557. The molecule has 4 atom stereocenters. The second-order valence-electron chi connectivity index (χ2n) is 22.4. The van der Waals surface area contributed by atoms with Crippen LogP contribution in [0.15, 0.2) is 59.7 Å². The van der Waals surface area contributed by atoms with E-state index < -0.39 is 35.5 Å². The van der Waals surface area contributed by atoms with Crippen LogP contribution in [-0.2, 0) is 46.4 Å². The monoisotopic (exact) mass is 1090 g/mol. The fraction of sp³-hybridized carbons (Fsp3) is 0.614. The third kappa shape index (κ3) is 21.9. The van der Waals surface area contributed by atoms with Crippen LogP contribution in [0, 0.1) is 11.8 Å². The predicted molar refractivity (Wildman–Crippen MR) is 283 cm³/mol. The Morgan fingerprint density at radius 2 is 1.08 bits per heavy atom. The zero-order chi connectivity index (χ0) is 54.0. The molecule has 5 N–H and O–H groups in total. The first-order valence-corrected chi connectivity index (χ1v) is 26.4. The van der Waals surface area contributed by atoms with E-state index in [1.54, 1.807) is 0 Å². The first-order valence-electron chi connectivity index (χ1n) is 26.4. The maximum atomic E-state index is 14.0. The van der Waals surface area contributed by atoms with Crippen LogP contribution in [0.4, 0.5) is 9.59 Å². The molecule has 4 aliphatic rings. The van der Waals surface area contributed by atoms with Crippen molar-refractivity contribution in [2.24, 2.45) is 17.6 Å². The molecule has 0 radical (unpaired) electrons. The van der Waals surface area contributed by atoms with Gasteiger partial charge < -0.3 is 52.5 Å². The summed E-state index contributed by atoms with van der Waals surface area (Å²) >= 11 is 0. The Morgan fingerprint density at radius 3 is 1.43 bits per heavy atom. The largest absolute Gasteiger partial charge is 1.00 e. The number of benzene rings is 2. The van der Waals surface area contributed by atoms with Crippen molar-refractivity contribution in [1.82, 2.24) is 25.8 Å². The number of alkyl carbamates (subject to hydrolysis) is 2. The van der Waals surface area contributed by atoms with Crippen molar-refractivity contribution in [1.29, 1.82) is 0 Å². The van der Waals surface area contributed by atoms with Crippen LogP contribution in [0.25, 0.3) is 11.1 Å². The van der Waals surface area contributed by atoms with E-state index in [2.05, 4.69) is 97.1 Å². The SMILES string of the molecule is CC(=O)NCCCC[C@H](NC(=O)OC(C)(C)C)C(=O)N1CCC2=C(Cc3ccccc32)C1CC(C)C.CC(C)CC1C2=C(CCN1C(=O)[C@H](CCCCN)NC(=O)OC(C)(C)C)c1ccccc1C2.O=CO[O-].[H-].[K+].[K+]. The molecule has 0 aromatic heterocycles. The van der Waals surface area contributed by atoms with Crippen molar-refractivity contribution >= 4 is 47.5 Å². The van der Waals surface area contributed by atoms with E-state index in [1.807, 2.05) is 51.3 Å². The van der Waals surface area contributed by atoms with E-state index in [9.17, 15) is 24.0 Å². The first kappa shape index (κ1) is 68.6. The molecule has 2 heterocycles. The predicted octanol–water partition coefficient (Wildman–Crippen LogP) is 2.06. The smallest absolute Gasteiger partial charge is 1.00 e. The Hall–Kier alpha value is -2.47. The van der Waals surface area contributed by atoms with E-state index in [1.165, 1.54) is 51.5 Å². The van der Waals surface area contributed by atoms with Crippen molar-refractivity contribution in [3.63, 3.8) is 0 Å². The molecule has 16 nitrogen and oxygen atoms in total. The second-order valence-corrected chi connectivity index (χ2v) is 22.4. The Bertz CT molecular complexity index is 2280. The summed E-state index contributed by atoms with van der Waals surface area (Å²) in [7, 11) is 0. The summed E-state index contributed by atoms with van der Waals surface area (Å²) in [5.41, 5.74) is 15.3. The molecular weight excluding hydrogens is 1010 g/mol. The number of unbranched alkanes of at least 4 members (excludes halogenated alkanes) is 2. The standard InChI is InChI=1S/C29H43N3O4.C27H41N3O3.CH2O3.2K.H/c1-19(2)17-26-24-18-21-11-7-8-12-22(21)23(24)14-16-32(26)27(34)25(13-9-10-15-30-20(3)33)31-28(35)36-29(4,5)6;1-18(2)16-24-22-17-19-10-6-7-11-20(19)21(22)13-15-30(24)25(31)23(12-8-9-14-28)29-26(32)33-27(3,4)5;2-1-4-3;;;/h7-8,11-12,19,25-26H,9-10,13-18H2,1-6H3,(H,30,33)(H,31,35);6-7,10-11,18,23-24H,8-9,12-17,28H2,1-5H3,(H,29,32);1,3H;;;/q;;;2*+1;-1/p-1/t25-,26?;23-,24?;;;;/m00..../s1.